The number of benzene rings is 1. The molecule has 14 heteroatoms. The number of halogens is 2. The Kier molecular flexibility index (Phi) is 11.8. The molecule has 3 fully saturated rings. The molecule has 2 bridgehead atoms. The van der Waals surface area contributed by atoms with Crippen molar-refractivity contribution in [3.05, 3.63) is 98.0 Å². The number of nitrogens with one attached hydrogen (secondary N) is 1. The van der Waals surface area contributed by atoms with Crippen LogP contribution in [0.1, 0.15) is 44.6 Å². The van der Waals surface area contributed by atoms with Crippen molar-refractivity contribution in [2.45, 2.75) is 38.0 Å². The SMILES string of the molecule is COc1ccc([C@H](Cc2c(Cl)c[nH+]cc2Cl)OC(=O)c2ccc(CN(C(=O)O[C@H]3CN4CCC3CC4)c3ccccn3)s2)cc1OC.[OH-]. The standard InChI is InChI=1S/C34H34Cl2N4O6S.H2O/c1-43-27-8-6-22(15-29(27)44-2)28(16-24-25(35)17-37-18-26(24)36)45-33(41)31-9-7-23(47-31)19-40(32-5-3-4-12-38-32)34(42)46-30-20-39-13-10-21(30)11-14-39;/h3-9,12,15,17-18,21,28,30H,10-11,13-14,16,19-20H2,1-2H3;1H2/t28-,30-;/m0./s1. The van der Waals surface area contributed by atoms with E-state index in [1.54, 1.807) is 56.0 Å². The van der Waals surface area contributed by atoms with Gasteiger partial charge in [-0.2, -0.15) is 0 Å². The van der Waals surface area contributed by atoms with E-state index < -0.39 is 18.2 Å². The number of methoxy groups -OCH3 is 2. The molecule has 0 radical (unpaired) electrons. The van der Waals surface area contributed by atoms with Gasteiger partial charge in [-0.3, -0.25) is 9.80 Å². The van der Waals surface area contributed by atoms with Crippen molar-refractivity contribution >= 4 is 52.4 Å². The van der Waals surface area contributed by atoms with Crippen LogP contribution in [0.2, 0.25) is 10.0 Å². The molecule has 0 unspecified atom stereocenters. The minimum atomic E-state index is -0.758. The minimum absolute atomic E-state index is 0. The van der Waals surface area contributed by atoms with E-state index >= 15 is 0 Å². The Labute approximate surface area is 292 Å². The molecule has 3 aromatic heterocycles. The first-order valence-electron chi connectivity index (χ1n) is 15.3. The lowest BCUT2D eigenvalue weighted by Gasteiger charge is -2.44. The van der Waals surface area contributed by atoms with Crippen LogP contribution >= 0.6 is 34.5 Å². The van der Waals surface area contributed by atoms with Gasteiger partial charge in [0, 0.05) is 29.6 Å². The van der Waals surface area contributed by atoms with Crippen molar-refractivity contribution in [1.29, 1.82) is 0 Å². The number of hydrogen-bond acceptors (Lipinski definition) is 10. The van der Waals surface area contributed by atoms with E-state index in [4.69, 9.17) is 42.1 Å². The van der Waals surface area contributed by atoms with Gasteiger partial charge in [0.25, 0.3) is 0 Å². The molecule has 254 valence electrons. The Morgan fingerprint density at radius 1 is 1.04 bits per heavy atom. The number of ether oxygens (including phenoxy) is 4. The number of amides is 1. The van der Waals surface area contributed by atoms with Crippen LogP contribution in [-0.4, -0.2) is 67.4 Å². The van der Waals surface area contributed by atoms with Crippen molar-refractivity contribution in [3.63, 3.8) is 0 Å². The van der Waals surface area contributed by atoms with Crippen LogP contribution in [-0.2, 0) is 22.4 Å². The third-order valence-corrected chi connectivity index (χ3v) is 10.3. The number of carbonyl (C=O) groups is 2. The fraction of sp³-hybridized carbons (Fsp3) is 0.353. The van der Waals surface area contributed by atoms with Crippen LogP contribution in [0.5, 0.6) is 11.5 Å². The molecule has 3 saturated heterocycles. The molecule has 48 heavy (non-hydrogen) atoms. The second kappa shape index (κ2) is 16.0. The fourth-order valence-electron chi connectivity index (χ4n) is 6.04. The number of aromatic nitrogens is 2. The van der Waals surface area contributed by atoms with Crippen LogP contribution in [0.3, 0.4) is 0 Å². The van der Waals surface area contributed by atoms with Crippen molar-refractivity contribution in [2.75, 3.05) is 38.8 Å². The zero-order valence-electron chi connectivity index (χ0n) is 26.4. The predicted octanol–water partition coefficient (Wildman–Crippen LogP) is 6.48. The number of rotatable bonds is 11. The summed E-state index contributed by atoms with van der Waals surface area (Å²) in [5, 5.41) is 0.828. The van der Waals surface area contributed by atoms with Gasteiger partial charge < -0.3 is 24.4 Å². The normalized spacial score (nSPS) is 18.7. The summed E-state index contributed by atoms with van der Waals surface area (Å²) in [6.07, 6.45) is 5.79. The zero-order chi connectivity index (χ0) is 32.9. The molecule has 7 rings (SSSR count). The first kappa shape index (κ1) is 35.4. The summed E-state index contributed by atoms with van der Waals surface area (Å²) < 4.78 is 23.1. The maximum Gasteiger partial charge on any atom is 0.416 e. The van der Waals surface area contributed by atoms with Crippen LogP contribution in [0.4, 0.5) is 10.6 Å². The summed E-state index contributed by atoms with van der Waals surface area (Å²) >= 11 is 14.2. The molecule has 3 aliphatic rings. The number of anilines is 1. The molecular weight excluding hydrogens is 679 g/mol. The third kappa shape index (κ3) is 8.01. The van der Waals surface area contributed by atoms with Gasteiger partial charge in [0.05, 0.1) is 20.8 Å². The summed E-state index contributed by atoms with van der Waals surface area (Å²) in [6, 6.07) is 14.2. The number of nitrogens with zero attached hydrogens (tertiary/aromatic N) is 3. The summed E-state index contributed by atoms with van der Waals surface area (Å²) in [4.78, 5) is 39.5. The van der Waals surface area contributed by atoms with Crippen molar-refractivity contribution in [3.8, 4) is 11.5 Å². The van der Waals surface area contributed by atoms with Gasteiger partial charge in [-0.25, -0.2) is 19.6 Å². The van der Waals surface area contributed by atoms with E-state index in [1.165, 1.54) is 23.3 Å². The molecule has 2 atom stereocenters. The summed E-state index contributed by atoms with van der Waals surface area (Å²) in [7, 11) is 3.09. The maximum atomic E-state index is 13.6. The van der Waals surface area contributed by atoms with Crippen LogP contribution < -0.4 is 19.4 Å². The highest BCUT2D eigenvalue weighted by molar-refractivity contribution is 7.13. The number of hydrogen-bond donors (Lipinski definition) is 0. The van der Waals surface area contributed by atoms with Gasteiger partial charge in [0.1, 0.15) is 32.9 Å². The lowest BCUT2D eigenvalue weighted by atomic mass is 9.86. The van der Waals surface area contributed by atoms with E-state index in [-0.39, 0.29) is 24.5 Å². The number of aromatic amines is 1. The van der Waals surface area contributed by atoms with Crippen molar-refractivity contribution < 1.29 is 39.0 Å². The molecule has 6 heterocycles. The van der Waals surface area contributed by atoms with Crippen molar-refractivity contribution in [1.82, 2.24) is 9.88 Å². The summed E-state index contributed by atoms with van der Waals surface area (Å²) in [5.41, 5.74) is 1.29. The number of H-pyrrole nitrogens is 1. The Morgan fingerprint density at radius 2 is 1.79 bits per heavy atom. The van der Waals surface area contributed by atoms with Crippen LogP contribution in [0, 0.1) is 5.92 Å². The Hall–Kier alpha value is -3.94. The van der Waals surface area contributed by atoms with Crippen LogP contribution in [0.15, 0.2) is 67.1 Å². The molecule has 1 aromatic carbocycles. The lowest BCUT2D eigenvalue weighted by molar-refractivity contribution is -0.377. The Bertz CT molecular complexity index is 1700. The molecule has 11 nitrogen and oxygen atoms in total. The van der Waals surface area contributed by atoms with Gasteiger partial charge in [0.15, 0.2) is 23.9 Å². The number of fused-ring (bicyclic) bond motifs is 3. The fourth-order valence-corrected chi connectivity index (χ4v) is 7.45. The van der Waals surface area contributed by atoms with Crippen molar-refractivity contribution in [2.24, 2.45) is 5.92 Å². The minimum Gasteiger partial charge on any atom is -0.870 e. The first-order valence-corrected chi connectivity index (χ1v) is 16.9. The highest BCUT2D eigenvalue weighted by Gasteiger charge is 2.37. The lowest BCUT2D eigenvalue weighted by Crippen LogP contribution is -2.53. The molecule has 2 N–H and O–H groups in total. The average molecular weight is 716 g/mol. The van der Waals surface area contributed by atoms with Gasteiger partial charge in [-0.15, -0.1) is 11.3 Å². The second-order valence-corrected chi connectivity index (χ2v) is 13.4. The predicted molar refractivity (Wildman–Crippen MR) is 181 cm³/mol. The van der Waals surface area contributed by atoms with E-state index in [1.807, 2.05) is 18.2 Å². The number of pyridine rings is 2. The number of esters is 1. The quantitative estimate of drug-likeness (QED) is 0.160. The monoisotopic (exact) mass is 714 g/mol. The molecule has 1 amide bonds. The van der Waals surface area contributed by atoms with Gasteiger partial charge >= 0.3 is 12.1 Å². The number of thiophene rings is 1. The number of carbonyl (C=O) groups excluding carboxylic acids is 2. The molecular formula is C34H36Cl2N4O7S. The average Bonchev–Trinajstić information content (AvgIpc) is 3.58. The van der Waals surface area contributed by atoms with E-state index in [0.717, 1.165) is 37.4 Å². The zero-order valence-corrected chi connectivity index (χ0v) is 28.8. The Morgan fingerprint density at radius 3 is 2.44 bits per heavy atom. The molecule has 0 aliphatic carbocycles. The smallest absolute Gasteiger partial charge is 0.416 e. The van der Waals surface area contributed by atoms with Crippen LogP contribution in [0.25, 0.3) is 0 Å². The van der Waals surface area contributed by atoms with E-state index in [0.29, 0.717) is 49.3 Å². The summed E-state index contributed by atoms with van der Waals surface area (Å²) in [6.45, 7) is 3.03. The Balaban J connectivity index is 0.00000451. The largest absolute Gasteiger partial charge is 0.870 e. The maximum absolute atomic E-state index is 13.6. The molecule has 4 aromatic rings. The van der Waals surface area contributed by atoms with Gasteiger partial charge in [-0.05, 0) is 73.8 Å². The highest BCUT2D eigenvalue weighted by atomic mass is 35.5. The molecule has 0 saturated carbocycles. The van der Waals surface area contributed by atoms with Gasteiger partial charge in [0.2, 0.25) is 0 Å². The van der Waals surface area contributed by atoms with E-state index in [2.05, 4.69) is 14.9 Å². The topological polar surface area (TPSA) is 135 Å². The highest BCUT2D eigenvalue weighted by Crippen LogP contribution is 2.36. The third-order valence-electron chi connectivity index (χ3n) is 8.59. The second-order valence-electron chi connectivity index (χ2n) is 11.4. The van der Waals surface area contributed by atoms with E-state index in [9.17, 15) is 9.59 Å². The first-order chi connectivity index (χ1) is 22.8. The molecule has 0 spiro atoms. The molecule has 3 aliphatic heterocycles. The number of piperidine rings is 3. The summed E-state index contributed by atoms with van der Waals surface area (Å²) in [5.74, 6) is 1.34. The van der Waals surface area contributed by atoms with Gasteiger partial charge in [-0.1, -0.05) is 35.3 Å².